The van der Waals surface area contributed by atoms with Gasteiger partial charge in [0.25, 0.3) is 0 Å². The summed E-state index contributed by atoms with van der Waals surface area (Å²) in [5.41, 5.74) is 0.965. The highest BCUT2D eigenvalue weighted by Gasteiger charge is 2.18. The first-order valence-electron chi connectivity index (χ1n) is 6.56. The maximum Gasteiger partial charge on any atom is 0.424 e. The Morgan fingerprint density at radius 3 is 2.38 bits per heavy atom. The number of halogens is 2. The lowest BCUT2D eigenvalue weighted by atomic mass is 10.1. The SMILES string of the molecule is NS(=O)(=O)c1ccc(-c2coc(=O)n2-c2ccc(Cl)cc2)cc1F. The molecule has 0 aliphatic rings. The van der Waals surface area contributed by atoms with Crippen LogP contribution in [0.25, 0.3) is 16.9 Å². The van der Waals surface area contributed by atoms with E-state index in [1.807, 2.05) is 0 Å². The molecule has 2 aromatic carbocycles. The summed E-state index contributed by atoms with van der Waals surface area (Å²) in [5, 5.41) is 5.42. The van der Waals surface area contributed by atoms with Crippen molar-refractivity contribution in [2.24, 2.45) is 5.14 Å². The first-order valence-corrected chi connectivity index (χ1v) is 8.49. The molecule has 3 aromatic rings. The van der Waals surface area contributed by atoms with E-state index in [9.17, 15) is 17.6 Å². The van der Waals surface area contributed by atoms with Gasteiger partial charge in [0.1, 0.15) is 17.0 Å². The molecule has 0 unspecified atom stereocenters. The normalized spacial score (nSPS) is 11.6. The number of nitrogens with two attached hydrogens (primary N) is 1. The van der Waals surface area contributed by atoms with Gasteiger partial charge in [-0.05, 0) is 36.4 Å². The number of hydrogen-bond donors (Lipinski definition) is 1. The van der Waals surface area contributed by atoms with Gasteiger partial charge in [-0.25, -0.2) is 27.3 Å². The van der Waals surface area contributed by atoms with Crippen molar-refractivity contribution in [3.05, 3.63) is 70.1 Å². The van der Waals surface area contributed by atoms with Crippen molar-refractivity contribution >= 4 is 21.6 Å². The molecule has 1 aromatic heterocycles. The summed E-state index contributed by atoms with van der Waals surface area (Å²) in [7, 11) is -4.18. The number of benzene rings is 2. The number of rotatable bonds is 3. The number of primary sulfonamides is 1. The third kappa shape index (κ3) is 2.99. The van der Waals surface area contributed by atoms with Crippen molar-refractivity contribution in [1.82, 2.24) is 4.57 Å². The number of sulfonamides is 1. The Kier molecular flexibility index (Phi) is 4.04. The molecule has 124 valence electrons. The van der Waals surface area contributed by atoms with Gasteiger partial charge in [0.2, 0.25) is 10.0 Å². The minimum Gasteiger partial charge on any atom is -0.415 e. The fraction of sp³-hybridized carbons (Fsp3) is 0. The van der Waals surface area contributed by atoms with Crippen molar-refractivity contribution in [1.29, 1.82) is 0 Å². The standard InChI is InChI=1S/C15H10ClFN2O4S/c16-10-2-4-11(5-3-10)19-13(8-23-15(19)20)9-1-6-14(12(17)7-9)24(18,21)22/h1-8H,(H2,18,21,22). The molecule has 0 atom stereocenters. The number of hydrogen-bond acceptors (Lipinski definition) is 4. The van der Waals surface area contributed by atoms with Crippen LogP contribution in [0, 0.1) is 5.82 Å². The zero-order chi connectivity index (χ0) is 17.5. The van der Waals surface area contributed by atoms with Gasteiger partial charge < -0.3 is 4.42 Å². The van der Waals surface area contributed by atoms with Crippen LogP contribution in [0.15, 0.2) is 62.8 Å². The van der Waals surface area contributed by atoms with E-state index in [1.165, 1.54) is 10.6 Å². The molecular weight excluding hydrogens is 359 g/mol. The van der Waals surface area contributed by atoms with Crippen molar-refractivity contribution in [2.45, 2.75) is 4.90 Å². The Hall–Kier alpha value is -2.42. The van der Waals surface area contributed by atoms with Crippen LogP contribution in [-0.4, -0.2) is 13.0 Å². The fourth-order valence-electron chi connectivity index (χ4n) is 2.23. The lowest BCUT2D eigenvalue weighted by Gasteiger charge is -2.08. The van der Waals surface area contributed by atoms with Crippen LogP contribution in [-0.2, 0) is 10.0 Å². The van der Waals surface area contributed by atoms with Gasteiger partial charge in [-0.3, -0.25) is 0 Å². The second-order valence-electron chi connectivity index (χ2n) is 4.89. The Labute approximate surface area is 141 Å². The molecule has 0 aliphatic carbocycles. The smallest absolute Gasteiger partial charge is 0.415 e. The Bertz CT molecular complexity index is 1070. The minimum atomic E-state index is -4.18. The Morgan fingerprint density at radius 1 is 1.12 bits per heavy atom. The fourth-order valence-corrected chi connectivity index (χ4v) is 2.95. The first kappa shape index (κ1) is 16.4. The van der Waals surface area contributed by atoms with Crippen molar-refractivity contribution in [2.75, 3.05) is 0 Å². The molecule has 0 saturated heterocycles. The molecule has 0 amide bonds. The largest absolute Gasteiger partial charge is 0.424 e. The van der Waals surface area contributed by atoms with Gasteiger partial charge in [0, 0.05) is 10.6 Å². The number of aromatic nitrogens is 1. The van der Waals surface area contributed by atoms with Crippen LogP contribution in [0.2, 0.25) is 5.02 Å². The maximum atomic E-state index is 14.0. The second kappa shape index (κ2) is 5.90. The summed E-state index contributed by atoms with van der Waals surface area (Å²) >= 11 is 5.82. The van der Waals surface area contributed by atoms with Gasteiger partial charge in [-0.2, -0.15) is 0 Å². The average Bonchev–Trinajstić information content (AvgIpc) is 2.88. The molecule has 0 fully saturated rings. The van der Waals surface area contributed by atoms with E-state index >= 15 is 0 Å². The third-order valence-corrected chi connectivity index (χ3v) is 4.51. The Balaban J connectivity index is 2.17. The topological polar surface area (TPSA) is 95.3 Å². The van der Waals surface area contributed by atoms with Gasteiger partial charge in [0.15, 0.2) is 0 Å². The average molecular weight is 369 g/mol. The molecule has 0 aliphatic heterocycles. The van der Waals surface area contributed by atoms with Crippen LogP contribution in [0.5, 0.6) is 0 Å². The molecule has 6 nitrogen and oxygen atoms in total. The van der Waals surface area contributed by atoms with Gasteiger partial charge in [-0.15, -0.1) is 0 Å². The first-order chi connectivity index (χ1) is 11.3. The highest BCUT2D eigenvalue weighted by Crippen LogP contribution is 2.25. The Morgan fingerprint density at radius 2 is 1.79 bits per heavy atom. The lowest BCUT2D eigenvalue weighted by Crippen LogP contribution is -2.15. The molecule has 0 radical (unpaired) electrons. The molecular formula is C15H10ClFN2O4S. The van der Waals surface area contributed by atoms with Crippen LogP contribution < -0.4 is 10.9 Å². The lowest BCUT2D eigenvalue weighted by molar-refractivity contribution is 0.504. The quantitative estimate of drug-likeness (QED) is 0.768. The molecule has 0 spiro atoms. The van der Waals surface area contributed by atoms with Crippen LogP contribution in [0.4, 0.5) is 4.39 Å². The summed E-state index contributed by atoms with van der Waals surface area (Å²) in [6.07, 6.45) is 1.16. The predicted molar refractivity (Wildman–Crippen MR) is 86.1 cm³/mol. The van der Waals surface area contributed by atoms with E-state index in [0.29, 0.717) is 10.7 Å². The van der Waals surface area contributed by atoms with E-state index in [1.54, 1.807) is 24.3 Å². The van der Waals surface area contributed by atoms with E-state index < -0.39 is 26.5 Å². The highest BCUT2D eigenvalue weighted by molar-refractivity contribution is 7.89. The maximum absolute atomic E-state index is 14.0. The summed E-state index contributed by atoms with van der Waals surface area (Å²) < 4.78 is 42.7. The van der Waals surface area contributed by atoms with Gasteiger partial charge in [0.05, 0.1) is 11.4 Å². The van der Waals surface area contributed by atoms with Crippen LogP contribution in [0.1, 0.15) is 0 Å². The molecule has 1 heterocycles. The summed E-state index contributed by atoms with van der Waals surface area (Å²) in [6, 6.07) is 9.70. The van der Waals surface area contributed by atoms with E-state index in [-0.39, 0.29) is 11.3 Å². The van der Waals surface area contributed by atoms with Crippen LogP contribution in [0.3, 0.4) is 0 Å². The summed E-state index contributed by atoms with van der Waals surface area (Å²) in [4.78, 5) is 11.3. The van der Waals surface area contributed by atoms with Gasteiger partial charge in [-0.1, -0.05) is 17.7 Å². The van der Waals surface area contributed by atoms with Crippen LogP contribution >= 0.6 is 11.6 Å². The molecule has 24 heavy (non-hydrogen) atoms. The van der Waals surface area contributed by atoms with E-state index in [4.69, 9.17) is 21.2 Å². The molecule has 9 heteroatoms. The monoisotopic (exact) mass is 368 g/mol. The predicted octanol–water partition coefficient (Wildman–Crippen LogP) is 2.54. The molecule has 2 N–H and O–H groups in total. The molecule has 0 saturated carbocycles. The number of nitrogens with zero attached hydrogens (tertiary/aromatic N) is 1. The molecule has 0 bridgehead atoms. The second-order valence-corrected chi connectivity index (χ2v) is 6.86. The van der Waals surface area contributed by atoms with E-state index in [0.717, 1.165) is 18.4 Å². The minimum absolute atomic E-state index is 0.251. The van der Waals surface area contributed by atoms with Crippen molar-refractivity contribution < 1.29 is 17.2 Å². The zero-order valence-corrected chi connectivity index (χ0v) is 13.5. The van der Waals surface area contributed by atoms with Crippen molar-refractivity contribution in [3.8, 4) is 16.9 Å². The molecule has 3 rings (SSSR count). The zero-order valence-electron chi connectivity index (χ0n) is 11.9. The van der Waals surface area contributed by atoms with Crippen molar-refractivity contribution in [3.63, 3.8) is 0 Å². The van der Waals surface area contributed by atoms with Gasteiger partial charge >= 0.3 is 5.76 Å². The summed E-state index contributed by atoms with van der Waals surface area (Å²) in [6.45, 7) is 0. The highest BCUT2D eigenvalue weighted by atomic mass is 35.5. The van der Waals surface area contributed by atoms with E-state index in [2.05, 4.69) is 0 Å². The number of oxazole rings is 1. The summed E-state index contributed by atoms with van der Waals surface area (Å²) in [5.74, 6) is -1.70. The third-order valence-electron chi connectivity index (χ3n) is 3.31.